The average molecular weight is 259 g/mol. The smallest absolute Gasteiger partial charge is 0.232 e. The van der Waals surface area contributed by atoms with Crippen LogP contribution >= 0.6 is 23.1 Å². The SMILES string of the molecule is CCSC(C)C(=O)NCCc1nnc(C)s1. The molecule has 1 unspecified atom stereocenters. The van der Waals surface area contributed by atoms with E-state index in [1.54, 1.807) is 23.1 Å². The number of hydrogen-bond donors (Lipinski definition) is 1. The topological polar surface area (TPSA) is 54.9 Å². The van der Waals surface area contributed by atoms with Crippen LogP contribution in [-0.2, 0) is 11.2 Å². The van der Waals surface area contributed by atoms with Crippen molar-refractivity contribution in [2.75, 3.05) is 12.3 Å². The number of amides is 1. The molecule has 0 saturated carbocycles. The molecule has 6 heteroatoms. The molecule has 1 atom stereocenters. The zero-order valence-electron chi connectivity index (χ0n) is 9.82. The first kappa shape index (κ1) is 13.4. The van der Waals surface area contributed by atoms with Crippen LogP contribution in [0.2, 0.25) is 0 Å². The van der Waals surface area contributed by atoms with Crippen molar-refractivity contribution < 1.29 is 4.79 Å². The second kappa shape index (κ2) is 6.85. The Morgan fingerprint density at radius 2 is 2.31 bits per heavy atom. The summed E-state index contributed by atoms with van der Waals surface area (Å²) in [4.78, 5) is 11.6. The van der Waals surface area contributed by atoms with Gasteiger partial charge in [0.1, 0.15) is 10.0 Å². The van der Waals surface area contributed by atoms with Crippen LogP contribution in [0.4, 0.5) is 0 Å². The van der Waals surface area contributed by atoms with Gasteiger partial charge < -0.3 is 5.32 Å². The standard InChI is InChI=1S/C10H17N3OS2/c1-4-15-7(2)10(14)11-6-5-9-13-12-8(3)16-9/h7H,4-6H2,1-3H3,(H,11,14). The number of aromatic nitrogens is 2. The molecule has 0 aliphatic carbocycles. The van der Waals surface area contributed by atoms with Gasteiger partial charge in [0, 0.05) is 13.0 Å². The Balaban J connectivity index is 2.22. The lowest BCUT2D eigenvalue weighted by molar-refractivity contribution is -0.120. The van der Waals surface area contributed by atoms with E-state index < -0.39 is 0 Å². The minimum atomic E-state index is 0.0288. The molecule has 0 bridgehead atoms. The molecule has 0 fully saturated rings. The maximum atomic E-state index is 11.6. The fraction of sp³-hybridized carbons (Fsp3) is 0.700. The van der Waals surface area contributed by atoms with Gasteiger partial charge >= 0.3 is 0 Å². The molecule has 0 aliphatic rings. The van der Waals surface area contributed by atoms with E-state index in [2.05, 4.69) is 22.4 Å². The van der Waals surface area contributed by atoms with Crippen LogP contribution < -0.4 is 5.32 Å². The minimum absolute atomic E-state index is 0.0288. The third-order valence-electron chi connectivity index (χ3n) is 1.99. The Bertz CT molecular complexity index is 341. The van der Waals surface area contributed by atoms with Crippen molar-refractivity contribution in [2.24, 2.45) is 0 Å². The summed E-state index contributed by atoms with van der Waals surface area (Å²) in [7, 11) is 0. The van der Waals surface area contributed by atoms with Crippen LogP contribution in [0.15, 0.2) is 0 Å². The predicted molar refractivity (Wildman–Crippen MR) is 69.0 cm³/mol. The van der Waals surface area contributed by atoms with E-state index >= 15 is 0 Å². The molecule has 0 saturated heterocycles. The first-order chi connectivity index (χ1) is 7.63. The lowest BCUT2D eigenvalue weighted by atomic mass is 10.4. The van der Waals surface area contributed by atoms with Crippen molar-refractivity contribution >= 4 is 29.0 Å². The maximum absolute atomic E-state index is 11.6. The molecule has 1 heterocycles. The zero-order valence-corrected chi connectivity index (χ0v) is 11.5. The largest absolute Gasteiger partial charge is 0.355 e. The minimum Gasteiger partial charge on any atom is -0.355 e. The Labute approximate surface area is 104 Å². The number of aryl methyl sites for hydroxylation is 1. The third kappa shape index (κ3) is 4.49. The number of carbonyl (C=O) groups excluding carboxylic acids is 1. The van der Waals surface area contributed by atoms with Crippen molar-refractivity contribution in [3.8, 4) is 0 Å². The summed E-state index contributed by atoms with van der Waals surface area (Å²) < 4.78 is 0. The molecule has 4 nitrogen and oxygen atoms in total. The predicted octanol–water partition coefficient (Wildman–Crippen LogP) is 1.65. The molecule has 90 valence electrons. The molecule has 0 spiro atoms. The summed E-state index contributed by atoms with van der Waals surface area (Å²) in [5.74, 6) is 1.07. The summed E-state index contributed by atoms with van der Waals surface area (Å²) in [5.41, 5.74) is 0. The Morgan fingerprint density at radius 3 is 2.88 bits per heavy atom. The molecule has 0 aromatic carbocycles. The first-order valence-electron chi connectivity index (χ1n) is 5.31. The Hall–Kier alpha value is -0.620. The number of thioether (sulfide) groups is 1. The summed E-state index contributed by atoms with van der Waals surface area (Å²) in [5, 5.41) is 12.8. The molecule has 1 amide bonds. The highest BCUT2D eigenvalue weighted by Crippen LogP contribution is 2.10. The molecule has 16 heavy (non-hydrogen) atoms. The lowest BCUT2D eigenvalue weighted by Gasteiger charge is -2.09. The average Bonchev–Trinajstić information content (AvgIpc) is 2.64. The quantitative estimate of drug-likeness (QED) is 0.844. The van der Waals surface area contributed by atoms with Crippen molar-refractivity contribution in [2.45, 2.75) is 32.4 Å². The van der Waals surface area contributed by atoms with E-state index in [4.69, 9.17) is 0 Å². The van der Waals surface area contributed by atoms with E-state index in [0.29, 0.717) is 6.54 Å². The van der Waals surface area contributed by atoms with E-state index in [-0.39, 0.29) is 11.2 Å². The van der Waals surface area contributed by atoms with Gasteiger partial charge in [-0.2, -0.15) is 0 Å². The number of hydrogen-bond acceptors (Lipinski definition) is 5. The number of nitrogens with zero attached hydrogens (tertiary/aromatic N) is 2. The number of rotatable bonds is 6. The van der Waals surface area contributed by atoms with Crippen molar-refractivity contribution in [1.82, 2.24) is 15.5 Å². The van der Waals surface area contributed by atoms with Crippen LogP contribution in [0, 0.1) is 6.92 Å². The van der Waals surface area contributed by atoms with Gasteiger partial charge in [0.15, 0.2) is 0 Å². The summed E-state index contributed by atoms with van der Waals surface area (Å²) in [6, 6.07) is 0. The van der Waals surface area contributed by atoms with Crippen molar-refractivity contribution in [1.29, 1.82) is 0 Å². The summed E-state index contributed by atoms with van der Waals surface area (Å²) in [6.45, 7) is 6.55. The monoisotopic (exact) mass is 259 g/mol. The Morgan fingerprint density at radius 1 is 1.56 bits per heavy atom. The normalized spacial score (nSPS) is 12.4. The van der Waals surface area contributed by atoms with E-state index in [0.717, 1.165) is 22.2 Å². The molecule has 1 N–H and O–H groups in total. The lowest BCUT2D eigenvalue weighted by Crippen LogP contribution is -2.32. The van der Waals surface area contributed by atoms with Gasteiger partial charge in [0.05, 0.1) is 5.25 Å². The highest BCUT2D eigenvalue weighted by atomic mass is 32.2. The van der Waals surface area contributed by atoms with Crippen molar-refractivity contribution in [3.05, 3.63) is 10.0 Å². The third-order valence-corrected chi connectivity index (χ3v) is 3.94. The number of nitrogens with one attached hydrogen (secondary N) is 1. The van der Waals surface area contributed by atoms with E-state index in [1.165, 1.54) is 0 Å². The second-order valence-corrected chi connectivity index (χ2v) is 6.24. The van der Waals surface area contributed by atoms with Gasteiger partial charge in [-0.25, -0.2) is 0 Å². The van der Waals surface area contributed by atoms with Gasteiger partial charge in [0.2, 0.25) is 5.91 Å². The first-order valence-corrected chi connectivity index (χ1v) is 7.18. The maximum Gasteiger partial charge on any atom is 0.232 e. The summed E-state index contributed by atoms with van der Waals surface area (Å²) >= 11 is 3.23. The van der Waals surface area contributed by atoms with E-state index in [9.17, 15) is 4.79 Å². The molecular weight excluding hydrogens is 242 g/mol. The fourth-order valence-corrected chi connectivity index (χ4v) is 2.64. The molecule has 1 aromatic rings. The van der Waals surface area contributed by atoms with Crippen LogP contribution in [0.3, 0.4) is 0 Å². The number of carbonyl (C=O) groups is 1. The van der Waals surface area contributed by atoms with Crippen molar-refractivity contribution in [3.63, 3.8) is 0 Å². The molecule has 0 aliphatic heterocycles. The van der Waals surface area contributed by atoms with Gasteiger partial charge in [-0.3, -0.25) is 4.79 Å². The fourth-order valence-electron chi connectivity index (χ4n) is 1.20. The van der Waals surface area contributed by atoms with Crippen LogP contribution in [0.1, 0.15) is 23.9 Å². The highest BCUT2D eigenvalue weighted by molar-refractivity contribution is 8.00. The van der Waals surface area contributed by atoms with Gasteiger partial charge in [-0.15, -0.1) is 33.3 Å². The molecule has 1 aromatic heterocycles. The summed E-state index contributed by atoms with van der Waals surface area (Å²) in [6.07, 6.45) is 0.765. The highest BCUT2D eigenvalue weighted by Gasteiger charge is 2.11. The van der Waals surface area contributed by atoms with E-state index in [1.807, 2.05) is 13.8 Å². The van der Waals surface area contributed by atoms with Crippen LogP contribution in [-0.4, -0.2) is 33.7 Å². The van der Waals surface area contributed by atoms with Gasteiger partial charge in [-0.1, -0.05) is 6.92 Å². The zero-order chi connectivity index (χ0) is 12.0. The molecule has 0 radical (unpaired) electrons. The van der Waals surface area contributed by atoms with Gasteiger partial charge in [-0.05, 0) is 19.6 Å². The molecular formula is C10H17N3OS2. The van der Waals surface area contributed by atoms with Crippen LogP contribution in [0.5, 0.6) is 0 Å². The Kier molecular flexibility index (Phi) is 5.76. The van der Waals surface area contributed by atoms with Gasteiger partial charge in [0.25, 0.3) is 0 Å². The molecule has 1 rings (SSSR count). The second-order valence-electron chi connectivity index (χ2n) is 3.35. The van der Waals surface area contributed by atoms with Crippen LogP contribution in [0.25, 0.3) is 0 Å².